The van der Waals surface area contributed by atoms with Crippen LogP contribution < -0.4 is 0 Å². The van der Waals surface area contributed by atoms with Gasteiger partial charge in [-0.2, -0.15) is 0 Å². The molecule has 0 N–H and O–H groups in total. The SMILES string of the molecule is C=C[SiH](O[Si](C)(C)C)O[Si](C)(C)C. The van der Waals surface area contributed by atoms with Gasteiger partial charge < -0.3 is 8.23 Å². The quantitative estimate of drug-likeness (QED) is 0.681. The van der Waals surface area contributed by atoms with Crippen LogP contribution in [0.3, 0.4) is 0 Å². The van der Waals surface area contributed by atoms with Crippen LogP contribution in [0, 0.1) is 0 Å². The van der Waals surface area contributed by atoms with Crippen LogP contribution >= 0.6 is 0 Å². The molecule has 0 saturated carbocycles. The molecule has 2 nitrogen and oxygen atoms in total. The zero-order valence-electron chi connectivity index (χ0n) is 9.68. The van der Waals surface area contributed by atoms with Crippen LogP contribution in [0.4, 0.5) is 0 Å². The van der Waals surface area contributed by atoms with Gasteiger partial charge in [0.2, 0.25) is 0 Å². The first-order valence-corrected chi connectivity index (χ1v) is 13.0. The zero-order chi connectivity index (χ0) is 10.7. The highest BCUT2D eigenvalue weighted by atomic mass is 28.4. The minimum absolute atomic E-state index is 1.45. The van der Waals surface area contributed by atoms with Gasteiger partial charge in [0.15, 0.2) is 16.6 Å². The van der Waals surface area contributed by atoms with Gasteiger partial charge in [0.05, 0.1) is 0 Å². The van der Waals surface area contributed by atoms with Crippen LogP contribution in [0.1, 0.15) is 0 Å². The van der Waals surface area contributed by atoms with E-state index in [1.165, 1.54) is 0 Å². The molecule has 0 rings (SSSR count). The summed E-state index contributed by atoms with van der Waals surface area (Å²) in [6, 6.07) is 0. The molecule has 0 radical (unpaired) electrons. The van der Waals surface area contributed by atoms with E-state index in [2.05, 4.69) is 45.9 Å². The van der Waals surface area contributed by atoms with Crippen molar-refractivity contribution >= 4 is 25.9 Å². The highest BCUT2D eigenvalue weighted by Gasteiger charge is 2.26. The second-order valence-electron chi connectivity index (χ2n) is 5.06. The van der Waals surface area contributed by atoms with E-state index in [1.807, 2.05) is 5.70 Å². The third kappa shape index (κ3) is 8.64. The van der Waals surface area contributed by atoms with Crippen LogP contribution in [0.25, 0.3) is 0 Å². The van der Waals surface area contributed by atoms with Gasteiger partial charge in [-0.25, -0.2) is 0 Å². The fourth-order valence-electron chi connectivity index (χ4n) is 0.817. The first-order valence-electron chi connectivity index (χ1n) is 4.62. The molecule has 0 aromatic heterocycles. The van der Waals surface area contributed by atoms with E-state index in [9.17, 15) is 0 Å². The standard InChI is InChI=1S/C8H22O2Si3/c1-8-11(9-12(2,3)4)10-13(5,6)7/h8,11H,1H2,2-7H3. The van der Waals surface area contributed by atoms with Gasteiger partial charge in [0, 0.05) is 0 Å². The second-order valence-corrected chi connectivity index (χ2v) is 16.6. The molecule has 0 unspecified atom stereocenters. The Balaban J connectivity index is 4.13. The number of hydrogen-bond acceptors (Lipinski definition) is 2. The van der Waals surface area contributed by atoms with E-state index in [-0.39, 0.29) is 0 Å². The van der Waals surface area contributed by atoms with Crippen LogP contribution in [0.2, 0.25) is 39.3 Å². The summed E-state index contributed by atoms with van der Waals surface area (Å²) in [6.07, 6.45) is 0. The summed E-state index contributed by atoms with van der Waals surface area (Å²) in [4.78, 5) is 0. The average Bonchev–Trinajstić information content (AvgIpc) is 1.79. The van der Waals surface area contributed by atoms with Gasteiger partial charge in [0.25, 0.3) is 0 Å². The first-order chi connectivity index (χ1) is 5.64. The third-order valence-corrected chi connectivity index (χ3v) is 9.03. The molecule has 0 atom stereocenters. The predicted octanol–water partition coefficient (Wildman–Crippen LogP) is 2.64. The van der Waals surface area contributed by atoms with Crippen molar-refractivity contribution in [3.05, 3.63) is 12.3 Å². The fraction of sp³-hybridized carbons (Fsp3) is 0.750. The van der Waals surface area contributed by atoms with Crippen molar-refractivity contribution in [3.63, 3.8) is 0 Å². The molecule has 13 heavy (non-hydrogen) atoms. The third-order valence-electron chi connectivity index (χ3n) is 1.13. The van der Waals surface area contributed by atoms with E-state index in [0.29, 0.717) is 0 Å². The fourth-order valence-corrected chi connectivity index (χ4v) is 7.79. The highest BCUT2D eigenvalue weighted by Crippen LogP contribution is 2.11. The van der Waals surface area contributed by atoms with E-state index in [1.54, 1.807) is 0 Å². The van der Waals surface area contributed by atoms with Crippen molar-refractivity contribution in [2.24, 2.45) is 0 Å². The molecule has 0 aliphatic heterocycles. The molecule has 0 spiro atoms. The molecule has 78 valence electrons. The summed E-state index contributed by atoms with van der Waals surface area (Å²) in [5.74, 6) is 0. The van der Waals surface area contributed by atoms with Gasteiger partial charge in [-0.05, 0) is 39.3 Å². The Labute approximate surface area is 86.1 Å². The topological polar surface area (TPSA) is 18.5 Å². The second kappa shape index (κ2) is 4.70. The van der Waals surface area contributed by atoms with Crippen molar-refractivity contribution in [2.75, 3.05) is 0 Å². The maximum Gasteiger partial charge on any atom is 0.327 e. The zero-order valence-corrected chi connectivity index (χ0v) is 12.8. The van der Waals surface area contributed by atoms with Crippen LogP contribution in [-0.2, 0) is 8.23 Å². The minimum atomic E-state index is -1.58. The van der Waals surface area contributed by atoms with E-state index >= 15 is 0 Å². The molecule has 0 amide bonds. The molecular weight excluding hydrogens is 212 g/mol. The van der Waals surface area contributed by atoms with E-state index in [4.69, 9.17) is 8.23 Å². The largest absolute Gasteiger partial charge is 0.436 e. The molecule has 0 saturated heterocycles. The summed E-state index contributed by atoms with van der Waals surface area (Å²) in [6.45, 7) is 16.9. The Morgan fingerprint density at radius 2 is 1.23 bits per heavy atom. The normalized spacial score (nSPS) is 13.5. The molecule has 0 aliphatic rings. The smallest absolute Gasteiger partial charge is 0.327 e. The molecule has 0 aromatic rings. The van der Waals surface area contributed by atoms with Crippen molar-refractivity contribution < 1.29 is 8.23 Å². The van der Waals surface area contributed by atoms with Gasteiger partial charge in [0.1, 0.15) is 0 Å². The molecular formula is C8H22O2Si3. The predicted molar refractivity (Wildman–Crippen MR) is 66.2 cm³/mol. The van der Waals surface area contributed by atoms with Crippen molar-refractivity contribution in [2.45, 2.75) is 39.3 Å². The summed E-state index contributed by atoms with van der Waals surface area (Å²) in [5.41, 5.74) is 1.89. The summed E-state index contributed by atoms with van der Waals surface area (Å²) < 4.78 is 11.9. The average molecular weight is 235 g/mol. The lowest BCUT2D eigenvalue weighted by atomic mass is 11.3. The van der Waals surface area contributed by atoms with E-state index in [0.717, 1.165) is 0 Å². The van der Waals surface area contributed by atoms with Gasteiger partial charge in [-0.15, -0.1) is 6.58 Å². The molecule has 0 aromatic carbocycles. The number of hydrogen-bond donors (Lipinski definition) is 0. The van der Waals surface area contributed by atoms with Crippen molar-refractivity contribution in [3.8, 4) is 0 Å². The molecule has 5 heteroatoms. The van der Waals surface area contributed by atoms with Crippen molar-refractivity contribution in [1.82, 2.24) is 0 Å². The Morgan fingerprint density at radius 1 is 0.923 bits per heavy atom. The Bertz CT molecular complexity index is 153. The van der Waals surface area contributed by atoms with Gasteiger partial charge in [-0.1, -0.05) is 5.70 Å². The minimum Gasteiger partial charge on any atom is -0.436 e. The van der Waals surface area contributed by atoms with Crippen molar-refractivity contribution in [1.29, 1.82) is 0 Å². The Hall–Kier alpha value is 0.311. The molecule has 0 heterocycles. The van der Waals surface area contributed by atoms with Crippen LogP contribution in [0.15, 0.2) is 12.3 Å². The maximum absolute atomic E-state index is 5.94. The lowest BCUT2D eigenvalue weighted by molar-refractivity contribution is 0.435. The van der Waals surface area contributed by atoms with Crippen LogP contribution in [-0.4, -0.2) is 25.9 Å². The number of rotatable bonds is 5. The molecule has 0 fully saturated rings. The Kier molecular flexibility index (Phi) is 4.81. The summed E-state index contributed by atoms with van der Waals surface area (Å²) in [7, 11) is -4.48. The lowest BCUT2D eigenvalue weighted by Gasteiger charge is -2.28. The molecule has 0 bridgehead atoms. The van der Waals surface area contributed by atoms with Gasteiger partial charge in [-0.3, -0.25) is 0 Å². The first kappa shape index (κ1) is 13.3. The van der Waals surface area contributed by atoms with Crippen LogP contribution in [0.5, 0.6) is 0 Å². The Morgan fingerprint density at radius 3 is 1.38 bits per heavy atom. The summed E-state index contributed by atoms with van der Waals surface area (Å²) >= 11 is 0. The lowest BCUT2D eigenvalue weighted by Crippen LogP contribution is -2.42. The van der Waals surface area contributed by atoms with E-state index < -0.39 is 25.9 Å². The van der Waals surface area contributed by atoms with Gasteiger partial charge >= 0.3 is 9.28 Å². The monoisotopic (exact) mass is 234 g/mol. The highest BCUT2D eigenvalue weighted by molar-refractivity contribution is 6.82. The molecule has 0 aliphatic carbocycles. The maximum atomic E-state index is 5.94. The summed E-state index contributed by atoms with van der Waals surface area (Å²) in [5, 5.41) is 0.